The zero-order valence-electron chi connectivity index (χ0n) is 17.5. The first kappa shape index (κ1) is 17.5. The van der Waals surface area contributed by atoms with Crippen LogP contribution in [0.1, 0.15) is 36.1 Å². The summed E-state index contributed by atoms with van der Waals surface area (Å²) >= 11 is 0. The highest BCUT2D eigenvalue weighted by molar-refractivity contribution is 5.97. The Balaban J connectivity index is 1.84. The van der Waals surface area contributed by atoms with Crippen LogP contribution in [0.2, 0.25) is 0 Å². The molecule has 6 rings (SSSR count). The fraction of sp³-hybridized carbons (Fsp3) is 0.172. The lowest BCUT2D eigenvalue weighted by Crippen LogP contribution is -2.31. The van der Waals surface area contributed by atoms with Gasteiger partial charge in [-0.1, -0.05) is 84.9 Å². The fourth-order valence-corrected chi connectivity index (χ4v) is 5.96. The van der Waals surface area contributed by atoms with Crippen LogP contribution in [0, 0.1) is 0 Å². The Morgan fingerprint density at radius 3 is 1.47 bits per heavy atom. The van der Waals surface area contributed by atoms with Crippen molar-refractivity contribution >= 4 is 5.69 Å². The molecule has 4 aromatic rings. The van der Waals surface area contributed by atoms with Crippen molar-refractivity contribution in [1.82, 2.24) is 0 Å². The second-order valence-corrected chi connectivity index (χ2v) is 8.26. The summed E-state index contributed by atoms with van der Waals surface area (Å²) < 4.78 is 0. The van der Waals surface area contributed by atoms with Gasteiger partial charge in [-0.05, 0) is 58.9 Å². The second-order valence-electron chi connectivity index (χ2n) is 8.26. The van der Waals surface area contributed by atoms with E-state index in [0.29, 0.717) is 0 Å². The van der Waals surface area contributed by atoms with Gasteiger partial charge in [-0.2, -0.15) is 0 Å². The number of anilines is 1. The summed E-state index contributed by atoms with van der Waals surface area (Å²) in [6.07, 6.45) is 0. The molecular formula is C29H25N. The molecule has 146 valence electrons. The van der Waals surface area contributed by atoms with Gasteiger partial charge in [0.25, 0.3) is 0 Å². The topological polar surface area (TPSA) is 3.24 Å². The second kappa shape index (κ2) is 6.34. The lowest BCUT2D eigenvalue weighted by molar-refractivity contribution is 0.773. The molecule has 0 amide bonds. The van der Waals surface area contributed by atoms with Crippen LogP contribution < -0.4 is 4.90 Å². The highest BCUT2D eigenvalue weighted by Gasteiger charge is 2.52. The Morgan fingerprint density at radius 2 is 0.967 bits per heavy atom. The predicted octanol–water partition coefficient (Wildman–Crippen LogP) is 6.88. The number of nitrogens with zero attached hydrogens (tertiary/aromatic N) is 1. The maximum Gasteiger partial charge on any atom is 0.0745 e. The van der Waals surface area contributed by atoms with Gasteiger partial charge in [-0.15, -0.1) is 0 Å². The maximum atomic E-state index is 2.51. The molecule has 0 heterocycles. The first-order valence-electron chi connectivity index (χ1n) is 11.0. The van der Waals surface area contributed by atoms with Crippen LogP contribution in [0.4, 0.5) is 5.69 Å². The van der Waals surface area contributed by atoms with Crippen molar-refractivity contribution < 1.29 is 0 Å². The molecule has 2 aliphatic carbocycles. The molecule has 0 aromatic heterocycles. The van der Waals surface area contributed by atoms with Gasteiger partial charge in [0.2, 0.25) is 0 Å². The Morgan fingerprint density at radius 1 is 0.533 bits per heavy atom. The minimum Gasteiger partial charge on any atom is -0.372 e. The van der Waals surface area contributed by atoms with Crippen molar-refractivity contribution in [2.75, 3.05) is 18.0 Å². The van der Waals surface area contributed by atoms with Crippen LogP contribution >= 0.6 is 0 Å². The minimum absolute atomic E-state index is 0.252. The Hall–Kier alpha value is -3.32. The summed E-state index contributed by atoms with van der Waals surface area (Å²) in [6.45, 7) is 6.52. The lowest BCUT2D eigenvalue weighted by Gasteiger charge is -2.35. The summed E-state index contributed by atoms with van der Waals surface area (Å²) in [5, 5.41) is 0. The highest BCUT2D eigenvalue weighted by Crippen LogP contribution is 2.64. The van der Waals surface area contributed by atoms with Crippen molar-refractivity contribution in [2.24, 2.45) is 0 Å². The number of benzene rings is 4. The molecule has 1 heteroatoms. The molecule has 0 bridgehead atoms. The van der Waals surface area contributed by atoms with Crippen LogP contribution in [0.25, 0.3) is 22.3 Å². The van der Waals surface area contributed by atoms with Gasteiger partial charge < -0.3 is 4.90 Å². The van der Waals surface area contributed by atoms with Gasteiger partial charge >= 0.3 is 0 Å². The number of rotatable bonds is 3. The monoisotopic (exact) mass is 387 g/mol. The summed E-state index contributed by atoms with van der Waals surface area (Å²) in [4.78, 5) is 2.51. The van der Waals surface area contributed by atoms with Gasteiger partial charge in [0.1, 0.15) is 0 Å². The van der Waals surface area contributed by atoms with Gasteiger partial charge in [0.05, 0.1) is 5.41 Å². The molecule has 1 nitrogen and oxygen atoms in total. The molecule has 1 spiro atoms. The van der Waals surface area contributed by atoms with E-state index in [0.717, 1.165) is 13.1 Å². The zero-order chi connectivity index (χ0) is 20.3. The van der Waals surface area contributed by atoms with Crippen LogP contribution in [-0.4, -0.2) is 13.1 Å². The average Bonchev–Trinajstić information content (AvgIpc) is 3.28. The van der Waals surface area contributed by atoms with Crippen LogP contribution in [0.3, 0.4) is 0 Å². The molecule has 4 aromatic carbocycles. The summed E-state index contributed by atoms with van der Waals surface area (Å²) in [5.41, 5.74) is 12.3. The van der Waals surface area contributed by atoms with Gasteiger partial charge in [0.15, 0.2) is 0 Å². The number of hydrogen-bond acceptors (Lipinski definition) is 1. The third-order valence-corrected chi connectivity index (χ3v) is 7.10. The van der Waals surface area contributed by atoms with E-state index >= 15 is 0 Å². The Bertz CT molecular complexity index is 1220. The van der Waals surface area contributed by atoms with Crippen molar-refractivity contribution in [3.05, 3.63) is 113 Å². The Labute approximate surface area is 178 Å². The molecule has 0 atom stereocenters. The molecule has 0 saturated carbocycles. The minimum atomic E-state index is -0.252. The molecule has 0 aliphatic heterocycles. The maximum absolute atomic E-state index is 2.51. The third kappa shape index (κ3) is 1.98. The van der Waals surface area contributed by atoms with Crippen molar-refractivity contribution in [3.8, 4) is 22.3 Å². The smallest absolute Gasteiger partial charge is 0.0745 e. The van der Waals surface area contributed by atoms with Crippen molar-refractivity contribution in [3.63, 3.8) is 0 Å². The largest absolute Gasteiger partial charge is 0.372 e. The zero-order valence-corrected chi connectivity index (χ0v) is 17.5. The van der Waals surface area contributed by atoms with E-state index in [-0.39, 0.29) is 5.41 Å². The van der Waals surface area contributed by atoms with Crippen LogP contribution in [0.5, 0.6) is 0 Å². The average molecular weight is 388 g/mol. The molecule has 0 N–H and O–H groups in total. The van der Waals surface area contributed by atoms with Crippen LogP contribution in [0.15, 0.2) is 91.0 Å². The molecule has 0 radical (unpaired) electrons. The van der Waals surface area contributed by atoms with E-state index in [1.807, 2.05) is 0 Å². The van der Waals surface area contributed by atoms with Gasteiger partial charge in [-0.3, -0.25) is 0 Å². The van der Waals surface area contributed by atoms with E-state index in [1.165, 1.54) is 50.2 Å². The predicted molar refractivity (Wildman–Crippen MR) is 126 cm³/mol. The molecule has 30 heavy (non-hydrogen) atoms. The standard InChI is InChI=1S/C29H25N/c1-3-30(4-2)27-19-11-15-23-22-14-7-10-18-26(22)29(28(23)27)24-16-8-5-12-20(24)21-13-6-9-17-25(21)29/h5-19H,3-4H2,1-2H3. The summed E-state index contributed by atoms with van der Waals surface area (Å²) in [6, 6.07) is 33.9. The third-order valence-electron chi connectivity index (χ3n) is 7.10. The highest BCUT2D eigenvalue weighted by atomic mass is 15.1. The number of hydrogen-bond donors (Lipinski definition) is 0. The first-order chi connectivity index (χ1) is 14.8. The Kier molecular flexibility index (Phi) is 3.70. The van der Waals surface area contributed by atoms with Gasteiger partial charge in [0, 0.05) is 24.3 Å². The molecule has 0 saturated heterocycles. The van der Waals surface area contributed by atoms with Crippen molar-refractivity contribution in [1.29, 1.82) is 0 Å². The SMILES string of the molecule is CCN(CC)c1cccc2c1C1(c3ccccc3-c3ccccc31)c1ccccc1-2. The van der Waals surface area contributed by atoms with E-state index in [1.54, 1.807) is 0 Å². The molecule has 0 unspecified atom stereocenters. The van der Waals surface area contributed by atoms with E-state index in [2.05, 4.69) is 110 Å². The van der Waals surface area contributed by atoms with E-state index < -0.39 is 0 Å². The summed E-state index contributed by atoms with van der Waals surface area (Å²) in [5.74, 6) is 0. The first-order valence-corrected chi connectivity index (χ1v) is 11.0. The van der Waals surface area contributed by atoms with Gasteiger partial charge in [-0.25, -0.2) is 0 Å². The molecular weight excluding hydrogens is 362 g/mol. The normalized spacial score (nSPS) is 14.2. The molecule has 2 aliphatic rings. The number of fused-ring (bicyclic) bond motifs is 10. The molecule has 0 fully saturated rings. The summed E-state index contributed by atoms with van der Waals surface area (Å²) in [7, 11) is 0. The quantitative estimate of drug-likeness (QED) is 0.320. The van der Waals surface area contributed by atoms with Crippen molar-refractivity contribution in [2.45, 2.75) is 19.3 Å². The van der Waals surface area contributed by atoms with E-state index in [9.17, 15) is 0 Å². The van der Waals surface area contributed by atoms with Crippen LogP contribution in [-0.2, 0) is 5.41 Å². The fourth-order valence-electron chi connectivity index (χ4n) is 5.96. The lowest BCUT2D eigenvalue weighted by atomic mass is 9.70. The van der Waals surface area contributed by atoms with E-state index in [4.69, 9.17) is 0 Å².